The van der Waals surface area contributed by atoms with Crippen LogP contribution in [0.4, 0.5) is 0 Å². The first-order chi connectivity index (χ1) is 7.59. The van der Waals surface area contributed by atoms with Gasteiger partial charge in [0.1, 0.15) is 10.4 Å². The number of aromatic amines is 1. The van der Waals surface area contributed by atoms with E-state index in [0.29, 0.717) is 10.3 Å². The van der Waals surface area contributed by atoms with Gasteiger partial charge in [-0.05, 0) is 48.8 Å². The van der Waals surface area contributed by atoms with Crippen LogP contribution in [0, 0.1) is 6.92 Å². The minimum atomic E-state index is -0.828. The summed E-state index contributed by atoms with van der Waals surface area (Å²) in [5, 5.41) is 9.31. The van der Waals surface area contributed by atoms with Crippen LogP contribution < -0.4 is 0 Å². The summed E-state index contributed by atoms with van der Waals surface area (Å²) in [4.78, 5) is 20.5. The van der Waals surface area contributed by atoms with Crippen molar-refractivity contribution in [1.29, 1.82) is 0 Å². The second-order valence-electron chi connectivity index (χ2n) is 4.01. The molecule has 2 N–H and O–H groups in total. The highest BCUT2D eigenvalue weighted by atomic mass is 79.9. The lowest BCUT2D eigenvalue weighted by molar-refractivity contribution is -0.143. The van der Waals surface area contributed by atoms with E-state index in [1.165, 1.54) is 0 Å². The number of H-pyrrole nitrogens is 1. The average molecular weight is 288 g/mol. The zero-order chi connectivity index (χ0) is 11.7. The molecule has 0 saturated carbocycles. The first-order valence-electron chi connectivity index (χ1n) is 5.28. The SMILES string of the molecule is Cc1nc(Br)c(C(C(=O)O)N2CCCC2)[nH]1. The fourth-order valence-electron chi connectivity index (χ4n) is 2.13. The topological polar surface area (TPSA) is 69.2 Å². The molecule has 0 aromatic carbocycles. The van der Waals surface area contributed by atoms with Crippen molar-refractivity contribution in [3.8, 4) is 0 Å². The number of hydrogen-bond acceptors (Lipinski definition) is 3. The van der Waals surface area contributed by atoms with E-state index in [-0.39, 0.29) is 0 Å². The number of rotatable bonds is 3. The van der Waals surface area contributed by atoms with Crippen molar-refractivity contribution in [2.75, 3.05) is 13.1 Å². The van der Waals surface area contributed by atoms with Crippen LogP contribution in [0.1, 0.15) is 30.4 Å². The van der Waals surface area contributed by atoms with E-state index in [1.807, 2.05) is 11.8 Å². The predicted octanol–water partition coefficient (Wildman–Crippen LogP) is 1.70. The molecule has 16 heavy (non-hydrogen) atoms. The minimum Gasteiger partial charge on any atom is -0.480 e. The Morgan fingerprint density at radius 2 is 2.19 bits per heavy atom. The molecule has 6 heteroatoms. The molecule has 88 valence electrons. The Balaban J connectivity index is 2.31. The second kappa shape index (κ2) is 4.55. The molecule has 0 spiro atoms. The molecule has 2 rings (SSSR count). The molecule has 1 aromatic rings. The van der Waals surface area contributed by atoms with Crippen molar-refractivity contribution < 1.29 is 9.90 Å². The van der Waals surface area contributed by atoms with Crippen LogP contribution in [-0.2, 0) is 4.79 Å². The van der Waals surface area contributed by atoms with Gasteiger partial charge in [-0.3, -0.25) is 9.69 Å². The lowest BCUT2D eigenvalue weighted by Crippen LogP contribution is -2.32. The number of likely N-dealkylation sites (tertiary alicyclic amines) is 1. The summed E-state index contributed by atoms with van der Waals surface area (Å²) in [5.41, 5.74) is 0.645. The minimum absolute atomic E-state index is 0.601. The molecule has 5 nitrogen and oxygen atoms in total. The second-order valence-corrected chi connectivity index (χ2v) is 4.76. The Hall–Kier alpha value is -0.880. The number of halogens is 1. The van der Waals surface area contributed by atoms with Crippen LogP contribution >= 0.6 is 15.9 Å². The van der Waals surface area contributed by atoms with Gasteiger partial charge in [-0.1, -0.05) is 0 Å². The van der Waals surface area contributed by atoms with Crippen molar-refractivity contribution >= 4 is 21.9 Å². The van der Waals surface area contributed by atoms with E-state index in [1.54, 1.807) is 0 Å². The summed E-state index contributed by atoms with van der Waals surface area (Å²) in [7, 11) is 0. The van der Waals surface area contributed by atoms with Crippen molar-refractivity contribution in [3.63, 3.8) is 0 Å². The van der Waals surface area contributed by atoms with E-state index in [0.717, 1.165) is 31.8 Å². The number of imidazole rings is 1. The third-order valence-electron chi connectivity index (χ3n) is 2.82. The number of carboxylic acid groups (broad SMARTS) is 1. The fourth-order valence-corrected chi connectivity index (χ4v) is 2.71. The van der Waals surface area contributed by atoms with Gasteiger partial charge in [-0.2, -0.15) is 0 Å². The molecule has 0 aliphatic carbocycles. The van der Waals surface area contributed by atoms with Crippen LogP contribution in [0.5, 0.6) is 0 Å². The molecule has 0 bridgehead atoms. The molecule has 1 fully saturated rings. The van der Waals surface area contributed by atoms with E-state index in [2.05, 4.69) is 25.9 Å². The molecule has 1 aromatic heterocycles. The number of aryl methyl sites for hydroxylation is 1. The molecule has 0 radical (unpaired) electrons. The normalized spacial score (nSPS) is 18.9. The number of hydrogen-bond donors (Lipinski definition) is 2. The monoisotopic (exact) mass is 287 g/mol. The van der Waals surface area contributed by atoms with E-state index < -0.39 is 12.0 Å². The van der Waals surface area contributed by atoms with Gasteiger partial charge in [0, 0.05) is 0 Å². The number of carboxylic acids is 1. The maximum Gasteiger partial charge on any atom is 0.327 e. The van der Waals surface area contributed by atoms with Gasteiger partial charge in [-0.15, -0.1) is 0 Å². The first-order valence-corrected chi connectivity index (χ1v) is 6.07. The van der Waals surface area contributed by atoms with Crippen LogP contribution in [0.3, 0.4) is 0 Å². The van der Waals surface area contributed by atoms with Gasteiger partial charge in [0.15, 0.2) is 6.04 Å². The van der Waals surface area contributed by atoms with Gasteiger partial charge in [0.2, 0.25) is 0 Å². The summed E-state index contributed by atoms with van der Waals surface area (Å²) in [5.74, 6) is -0.0985. The molecule has 1 atom stereocenters. The molecule has 1 aliphatic heterocycles. The van der Waals surface area contributed by atoms with E-state index in [9.17, 15) is 9.90 Å². The standard InChI is InChI=1S/C10H14BrN3O2/c1-6-12-7(9(11)13-6)8(10(15)16)14-4-2-3-5-14/h8H,2-5H2,1H3,(H,12,13)(H,15,16). The number of nitrogens with zero attached hydrogens (tertiary/aromatic N) is 2. The quantitative estimate of drug-likeness (QED) is 0.888. The van der Waals surface area contributed by atoms with Gasteiger partial charge in [0.05, 0.1) is 5.69 Å². The van der Waals surface area contributed by atoms with Crippen LogP contribution in [0.2, 0.25) is 0 Å². The Kier molecular flexibility index (Phi) is 3.30. The zero-order valence-electron chi connectivity index (χ0n) is 9.03. The Morgan fingerprint density at radius 1 is 1.56 bits per heavy atom. The predicted molar refractivity (Wildman–Crippen MR) is 62.2 cm³/mol. The maximum absolute atomic E-state index is 11.3. The fraction of sp³-hybridized carbons (Fsp3) is 0.600. The summed E-state index contributed by atoms with van der Waals surface area (Å²) in [6.45, 7) is 3.49. The molecule has 0 amide bonds. The molecule has 1 aliphatic rings. The van der Waals surface area contributed by atoms with Gasteiger partial charge in [0.25, 0.3) is 0 Å². The summed E-state index contributed by atoms with van der Waals surface area (Å²) in [6.07, 6.45) is 2.13. The Labute approximate surface area is 102 Å². The third-order valence-corrected chi connectivity index (χ3v) is 3.42. The lowest BCUT2D eigenvalue weighted by atomic mass is 10.2. The molecular weight excluding hydrogens is 274 g/mol. The van der Waals surface area contributed by atoms with Crippen molar-refractivity contribution in [2.45, 2.75) is 25.8 Å². The number of aromatic nitrogens is 2. The summed E-state index contributed by atoms with van der Waals surface area (Å²) < 4.78 is 0.601. The maximum atomic E-state index is 11.3. The van der Waals surface area contributed by atoms with Gasteiger partial charge < -0.3 is 10.1 Å². The van der Waals surface area contributed by atoms with Gasteiger partial charge in [-0.25, -0.2) is 4.98 Å². The van der Waals surface area contributed by atoms with Crippen molar-refractivity contribution in [2.24, 2.45) is 0 Å². The molecule has 1 unspecified atom stereocenters. The Morgan fingerprint density at radius 3 is 2.62 bits per heavy atom. The van der Waals surface area contributed by atoms with E-state index >= 15 is 0 Å². The molecular formula is C10H14BrN3O2. The largest absolute Gasteiger partial charge is 0.480 e. The van der Waals surface area contributed by atoms with Crippen LogP contribution in [0.15, 0.2) is 4.60 Å². The van der Waals surface area contributed by atoms with E-state index in [4.69, 9.17) is 0 Å². The summed E-state index contributed by atoms with van der Waals surface area (Å²) >= 11 is 3.30. The zero-order valence-corrected chi connectivity index (χ0v) is 10.6. The molecule has 2 heterocycles. The smallest absolute Gasteiger partial charge is 0.327 e. The van der Waals surface area contributed by atoms with Gasteiger partial charge >= 0.3 is 5.97 Å². The summed E-state index contributed by atoms with van der Waals surface area (Å²) in [6, 6.07) is -0.613. The highest BCUT2D eigenvalue weighted by Gasteiger charge is 2.32. The number of carbonyl (C=O) groups is 1. The number of aliphatic carboxylic acids is 1. The van der Waals surface area contributed by atoms with Crippen LogP contribution in [-0.4, -0.2) is 39.0 Å². The average Bonchev–Trinajstić information content (AvgIpc) is 2.78. The van der Waals surface area contributed by atoms with Crippen LogP contribution in [0.25, 0.3) is 0 Å². The first kappa shape index (κ1) is 11.6. The Bertz CT molecular complexity index is 399. The molecule has 1 saturated heterocycles. The lowest BCUT2D eigenvalue weighted by Gasteiger charge is -2.22. The number of nitrogens with one attached hydrogen (secondary N) is 1. The highest BCUT2D eigenvalue weighted by Crippen LogP contribution is 2.28. The third kappa shape index (κ3) is 2.12. The van der Waals surface area contributed by atoms with Crippen molar-refractivity contribution in [3.05, 3.63) is 16.1 Å². The highest BCUT2D eigenvalue weighted by molar-refractivity contribution is 9.10. The van der Waals surface area contributed by atoms with Crippen molar-refractivity contribution in [1.82, 2.24) is 14.9 Å².